The van der Waals surface area contributed by atoms with Crippen molar-refractivity contribution >= 4 is 5.78 Å². The van der Waals surface area contributed by atoms with Crippen molar-refractivity contribution in [2.45, 2.75) is 13.3 Å². The molecular formula is C13H10F2O2. The molecule has 0 N–H and O–H groups in total. The van der Waals surface area contributed by atoms with Gasteiger partial charge < -0.3 is 4.42 Å². The van der Waals surface area contributed by atoms with Crippen LogP contribution in [-0.4, -0.2) is 5.78 Å². The van der Waals surface area contributed by atoms with E-state index in [0.29, 0.717) is 5.76 Å². The van der Waals surface area contributed by atoms with Crippen molar-refractivity contribution in [3.63, 3.8) is 0 Å². The molecule has 0 spiro atoms. The summed E-state index contributed by atoms with van der Waals surface area (Å²) in [6, 6.07) is 5.59. The Labute approximate surface area is 96.9 Å². The molecule has 0 radical (unpaired) electrons. The van der Waals surface area contributed by atoms with Crippen LogP contribution in [0.1, 0.15) is 21.7 Å². The fraction of sp³-hybridized carbons (Fsp3) is 0.154. The maximum Gasteiger partial charge on any atom is 0.176 e. The summed E-state index contributed by atoms with van der Waals surface area (Å²) >= 11 is 0. The van der Waals surface area contributed by atoms with E-state index in [2.05, 4.69) is 0 Å². The second-order valence-electron chi connectivity index (χ2n) is 3.73. The van der Waals surface area contributed by atoms with Gasteiger partial charge in [0.1, 0.15) is 17.4 Å². The number of rotatable bonds is 3. The Morgan fingerprint density at radius 1 is 1.29 bits per heavy atom. The van der Waals surface area contributed by atoms with Crippen LogP contribution >= 0.6 is 0 Å². The van der Waals surface area contributed by atoms with Crippen molar-refractivity contribution < 1.29 is 18.0 Å². The molecule has 0 bridgehead atoms. The van der Waals surface area contributed by atoms with E-state index in [4.69, 9.17) is 4.42 Å². The van der Waals surface area contributed by atoms with Crippen LogP contribution in [0.4, 0.5) is 8.78 Å². The summed E-state index contributed by atoms with van der Waals surface area (Å²) in [5, 5.41) is 0. The minimum atomic E-state index is -0.843. The molecule has 4 heteroatoms. The zero-order valence-electron chi connectivity index (χ0n) is 9.17. The summed E-state index contributed by atoms with van der Waals surface area (Å²) in [4.78, 5) is 11.8. The molecule has 1 heterocycles. The molecule has 17 heavy (non-hydrogen) atoms. The van der Waals surface area contributed by atoms with E-state index >= 15 is 0 Å². The predicted octanol–water partition coefficient (Wildman–Crippen LogP) is 3.29. The van der Waals surface area contributed by atoms with Gasteiger partial charge in [-0.2, -0.15) is 0 Å². The van der Waals surface area contributed by atoms with E-state index in [-0.39, 0.29) is 12.0 Å². The Bertz CT molecular complexity index is 545. The minimum Gasteiger partial charge on any atom is -0.469 e. The predicted molar refractivity (Wildman–Crippen MR) is 57.8 cm³/mol. The lowest BCUT2D eigenvalue weighted by Gasteiger charge is -2.05. The standard InChI is InChI=1S/C13H10F2O2/c1-8-4-5-10(14)12(13(8)15)11(16)7-9-3-2-6-17-9/h2-6H,7H2,1H3. The van der Waals surface area contributed by atoms with Gasteiger partial charge in [-0.3, -0.25) is 4.79 Å². The molecule has 2 rings (SSSR count). The van der Waals surface area contributed by atoms with E-state index in [1.54, 1.807) is 12.1 Å². The van der Waals surface area contributed by atoms with Gasteiger partial charge in [-0.15, -0.1) is 0 Å². The van der Waals surface area contributed by atoms with Gasteiger partial charge in [0, 0.05) is 0 Å². The van der Waals surface area contributed by atoms with Crippen LogP contribution < -0.4 is 0 Å². The molecule has 0 aliphatic heterocycles. The number of ketones is 1. The first-order valence-corrected chi connectivity index (χ1v) is 5.10. The number of aryl methyl sites for hydroxylation is 1. The van der Waals surface area contributed by atoms with Crippen LogP contribution in [0.3, 0.4) is 0 Å². The summed E-state index contributed by atoms with van der Waals surface area (Å²) in [5.74, 6) is -1.89. The van der Waals surface area contributed by atoms with E-state index in [1.165, 1.54) is 19.3 Å². The molecule has 0 atom stereocenters. The summed E-state index contributed by atoms with van der Waals surface area (Å²) in [5.41, 5.74) is -0.254. The maximum atomic E-state index is 13.7. The second-order valence-corrected chi connectivity index (χ2v) is 3.73. The molecule has 0 saturated heterocycles. The van der Waals surface area contributed by atoms with Gasteiger partial charge >= 0.3 is 0 Å². The number of halogens is 2. The summed E-state index contributed by atoms with van der Waals surface area (Å²) in [7, 11) is 0. The average molecular weight is 236 g/mol. The molecule has 1 aromatic heterocycles. The smallest absolute Gasteiger partial charge is 0.176 e. The monoisotopic (exact) mass is 236 g/mol. The van der Waals surface area contributed by atoms with Crippen LogP contribution in [0, 0.1) is 18.6 Å². The Morgan fingerprint density at radius 2 is 2.06 bits per heavy atom. The highest BCUT2D eigenvalue weighted by Crippen LogP contribution is 2.18. The van der Waals surface area contributed by atoms with Gasteiger partial charge in [-0.1, -0.05) is 6.07 Å². The highest BCUT2D eigenvalue weighted by atomic mass is 19.1. The molecule has 0 aliphatic carbocycles. The number of carbonyl (C=O) groups is 1. The number of carbonyl (C=O) groups excluding carboxylic acids is 1. The molecule has 2 aromatic rings. The molecule has 0 saturated carbocycles. The third-order valence-electron chi connectivity index (χ3n) is 2.48. The summed E-state index contributed by atoms with van der Waals surface area (Å²) in [6.45, 7) is 1.48. The van der Waals surface area contributed by atoms with Crippen LogP contribution in [0.5, 0.6) is 0 Å². The molecule has 0 fully saturated rings. The fourth-order valence-electron chi connectivity index (χ4n) is 1.57. The second kappa shape index (κ2) is 4.49. The Morgan fingerprint density at radius 3 is 2.71 bits per heavy atom. The largest absolute Gasteiger partial charge is 0.469 e. The highest BCUT2D eigenvalue weighted by molar-refractivity contribution is 5.97. The van der Waals surface area contributed by atoms with E-state index in [0.717, 1.165) is 6.07 Å². The zero-order chi connectivity index (χ0) is 12.4. The van der Waals surface area contributed by atoms with Crippen molar-refractivity contribution in [3.8, 4) is 0 Å². The molecule has 0 aliphatic rings. The summed E-state index contributed by atoms with van der Waals surface area (Å²) in [6.07, 6.45) is 1.26. The minimum absolute atomic E-state index is 0.149. The lowest BCUT2D eigenvalue weighted by atomic mass is 10.0. The van der Waals surface area contributed by atoms with Gasteiger partial charge in [-0.25, -0.2) is 8.78 Å². The van der Waals surface area contributed by atoms with Gasteiger partial charge in [0.15, 0.2) is 5.78 Å². The third kappa shape index (κ3) is 2.25. The van der Waals surface area contributed by atoms with Crippen LogP contribution in [0.25, 0.3) is 0 Å². The maximum absolute atomic E-state index is 13.7. The number of benzene rings is 1. The van der Waals surface area contributed by atoms with Crippen molar-refractivity contribution in [1.29, 1.82) is 0 Å². The van der Waals surface area contributed by atoms with Gasteiger partial charge in [0.2, 0.25) is 0 Å². The number of hydrogen-bond donors (Lipinski definition) is 0. The quantitative estimate of drug-likeness (QED) is 0.765. The number of furan rings is 1. The molecule has 0 unspecified atom stereocenters. The van der Waals surface area contributed by atoms with Crippen LogP contribution in [0.15, 0.2) is 34.9 Å². The average Bonchev–Trinajstić information content (AvgIpc) is 2.77. The van der Waals surface area contributed by atoms with E-state index < -0.39 is 23.0 Å². The first kappa shape index (κ1) is 11.5. The van der Waals surface area contributed by atoms with Gasteiger partial charge in [0.25, 0.3) is 0 Å². The van der Waals surface area contributed by atoms with Gasteiger partial charge in [-0.05, 0) is 30.7 Å². The molecule has 88 valence electrons. The number of hydrogen-bond acceptors (Lipinski definition) is 2. The topological polar surface area (TPSA) is 30.2 Å². The fourth-order valence-corrected chi connectivity index (χ4v) is 1.57. The SMILES string of the molecule is Cc1ccc(F)c(C(=O)Cc2ccco2)c1F. The Balaban J connectivity index is 2.34. The van der Waals surface area contributed by atoms with E-state index in [1.807, 2.05) is 0 Å². The van der Waals surface area contributed by atoms with Crippen molar-refractivity contribution in [2.75, 3.05) is 0 Å². The first-order valence-electron chi connectivity index (χ1n) is 5.10. The lowest BCUT2D eigenvalue weighted by Crippen LogP contribution is -2.09. The molecule has 1 aromatic carbocycles. The normalized spacial score (nSPS) is 10.5. The zero-order valence-corrected chi connectivity index (χ0v) is 9.17. The molecule has 2 nitrogen and oxygen atoms in total. The van der Waals surface area contributed by atoms with Crippen molar-refractivity contribution in [3.05, 3.63) is 59.1 Å². The van der Waals surface area contributed by atoms with Crippen molar-refractivity contribution in [2.24, 2.45) is 0 Å². The van der Waals surface area contributed by atoms with Gasteiger partial charge in [0.05, 0.1) is 18.2 Å². The lowest BCUT2D eigenvalue weighted by molar-refractivity contribution is 0.0978. The highest BCUT2D eigenvalue weighted by Gasteiger charge is 2.19. The molecule has 0 amide bonds. The third-order valence-corrected chi connectivity index (χ3v) is 2.48. The Kier molecular flexibility index (Phi) is 3.04. The van der Waals surface area contributed by atoms with E-state index in [9.17, 15) is 13.6 Å². The van der Waals surface area contributed by atoms with Crippen molar-refractivity contribution in [1.82, 2.24) is 0 Å². The summed E-state index contributed by atoms with van der Waals surface area (Å²) < 4.78 is 32.0. The first-order chi connectivity index (χ1) is 8.09. The number of Topliss-reactive ketones (excluding diaryl/α,β-unsaturated/α-hetero) is 1. The van der Waals surface area contributed by atoms with Crippen LogP contribution in [-0.2, 0) is 6.42 Å². The Hall–Kier alpha value is -1.97. The van der Waals surface area contributed by atoms with Crippen LogP contribution in [0.2, 0.25) is 0 Å². The molecular weight excluding hydrogens is 226 g/mol.